The van der Waals surface area contributed by atoms with Crippen molar-refractivity contribution in [2.75, 3.05) is 0 Å². The first-order valence-corrected chi connectivity index (χ1v) is 6.33. The third-order valence-electron chi connectivity index (χ3n) is 2.72. The Labute approximate surface area is 123 Å². The Morgan fingerprint density at radius 3 is 2.38 bits per heavy atom. The number of carbonyl (C=O) groups is 2. The van der Waals surface area contributed by atoms with Crippen LogP contribution in [0.5, 0.6) is 0 Å². The van der Waals surface area contributed by atoms with Crippen molar-refractivity contribution < 1.29 is 27.2 Å². The standard InChI is InChI=1S/C13H12ClF4NO2/c1-7(19-12(21)5-4-11(14)20)9-3-2-8(6-10(9)15)13(16,17)18/h2-3,6-7H,4-5H2,1H3,(H,19,21). The molecule has 0 aliphatic rings. The van der Waals surface area contributed by atoms with Crippen LogP contribution in [0.15, 0.2) is 18.2 Å². The molecule has 1 aromatic rings. The Hall–Kier alpha value is -1.63. The molecule has 1 atom stereocenters. The van der Waals surface area contributed by atoms with Gasteiger partial charge in [-0.15, -0.1) is 0 Å². The van der Waals surface area contributed by atoms with E-state index in [4.69, 9.17) is 11.6 Å². The Morgan fingerprint density at radius 2 is 1.90 bits per heavy atom. The van der Waals surface area contributed by atoms with Gasteiger partial charge in [0, 0.05) is 18.4 Å². The quantitative estimate of drug-likeness (QED) is 0.664. The van der Waals surface area contributed by atoms with Crippen LogP contribution in [0.3, 0.4) is 0 Å². The van der Waals surface area contributed by atoms with Crippen LogP contribution >= 0.6 is 11.6 Å². The number of amides is 1. The van der Waals surface area contributed by atoms with E-state index in [9.17, 15) is 27.2 Å². The summed E-state index contributed by atoms with van der Waals surface area (Å²) in [5.74, 6) is -1.61. The van der Waals surface area contributed by atoms with Crippen LogP contribution in [0.2, 0.25) is 0 Å². The van der Waals surface area contributed by atoms with Gasteiger partial charge in [0.05, 0.1) is 11.6 Å². The van der Waals surface area contributed by atoms with Crippen LogP contribution in [-0.2, 0) is 15.8 Å². The van der Waals surface area contributed by atoms with E-state index >= 15 is 0 Å². The summed E-state index contributed by atoms with van der Waals surface area (Å²) >= 11 is 5.08. The summed E-state index contributed by atoms with van der Waals surface area (Å²) in [6.45, 7) is 1.42. The van der Waals surface area contributed by atoms with Crippen molar-refractivity contribution in [1.29, 1.82) is 0 Å². The third-order valence-corrected chi connectivity index (χ3v) is 2.91. The number of hydrogen-bond acceptors (Lipinski definition) is 2. The molecule has 0 saturated heterocycles. The molecular formula is C13H12ClF4NO2. The van der Waals surface area contributed by atoms with E-state index in [-0.39, 0.29) is 18.4 Å². The molecule has 0 spiro atoms. The summed E-state index contributed by atoms with van der Waals surface area (Å²) in [6.07, 6.45) is -4.98. The second-order valence-electron chi connectivity index (χ2n) is 4.38. The lowest BCUT2D eigenvalue weighted by Crippen LogP contribution is -2.27. The van der Waals surface area contributed by atoms with E-state index in [1.165, 1.54) is 6.92 Å². The van der Waals surface area contributed by atoms with Crippen molar-refractivity contribution in [3.63, 3.8) is 0 Å². The van der Waals surface area contributed by atoms with Crippen LogP contribution < -0.4 is 5.32 Å². The third kappa shape index (κ3) is 5.34. The highest BCUT2D eigenvalue weighted by Crippen LogP contribution is 2.31. The summed E-state index contributed by atoms with van der Waals surface area (Å²) < 4.78 is 50.9. The second-order valence-corrected chi connectivity index (χ2v) is 4.80. The molecule has 0 aromatic heterocycles. The number of hydrogen-bond donors (Lipinski definition) is 1. The van der Waals surface area contributed by atoms with Gasteiger partial charge in [0.25, 0.3) is 0 Å². The predicted molar refractivity (Wildman–Crippen MR) is 68.1 cm³/mol. The van der Waals surface area contributed by atoms with Gasteiger partial charge < -0.3 is 5.32 Å². The van der Waals surface area contributed by atoms with Crippen molar-refractivity contribution in [3.05, 3.63) is 35.1 Å². The molecule has 1 amide bonds. The Morgan fingerprint density at radius 1 is 1.29 bits per heavy atom. The highest BCUT2D eigenvalue weighted by atomic mass is 35.5. The lowest BCUT2D eigenvalue weighted by Gasteiger charge is -2.16. The summed E-state index contributed by atoms with van der Waals surface area (Å²) in [5.41, 5.74) is -1.18. The smallest absolute Gasteiger partial charge is 0.349 e. The maximum atomic E-state index is 13.7. The Kier molecular flexibility index (Phi) is 5.71. The van der Waals surface area contributed by atoms with E-state index in [0.717, 1.165) is 12.1 Å². The average molecular weight is 326 g/mol. The fraction of sp³-hybridized carbons (Fsp3) is 0.385. The number of nitrogens with one attached hydrogen (secondary N) is 1. The van der Waals surface area contributed by atoms with Gasteiger partial charge in [-0.1, -0.05) is 6.07 Å². The fourth-order valence-corrected chi connectivity index (χ4v) is 1.75. The molecule has 3 nitrogen and oxygen atoms in total. The lowest BCUT2D eigenvalue weighted by molar-refractivity contribution is -0.137. The van der Waals surface area contributed by atoms with Gasteiger partial charge in [-0.2, -0.15) is 13.2 Å². The summed E-state index contributed by atoms with van der Waals surface area (Å²) in [5, 5.41) is 1.70. The highest BCUT2D eigenvalue weighted by Gasteiger charge is 2.31. The molecule has 0 saturated carbocycles. The zero-order valence-corrected chi connectivity index (χ0v) is 11.7. The molecule has 1 rings (SSSR count). The number of halogens is 5. The molecular weight excluding hydrogens is 314 g/mol. The van der Waals surface area contributed by atoms with E-state index in [1.54, 1.807) is 0 Å². The van der Waals surface area contributed by atoms with Crippen LogP contribution in [0, 0.1) is 5.82 Å². The van der Waals surface area contributed by atoms with Gasteiger partial charge in [-0.05, 0) is 30.7 Å². The van der Waals surface area contributed by atoms with Gasteiger partial charge in [-0.3, -0.25) is 9.59 Å². The maximum absolute atomic E-state index is 13.7. The molecule has 8 heteroatoms. The van der Waals surface area contributed by atoms with E-state index < -0.39 is 34.7 Å². The molecule has 1 N–H and O–H groups in total. The molecule has 0 bridgehead atoms. The number of rotatable bonds is 5. The molecule has 21 heavy (non-hydrogen) atoms. The van der Waals surface area contributed by atoms with Crippen LogP contribution in [0.4, 0.5) is 17.6 Å². The lowest BCUT2D eigenvalue weighted by atomic mass is 10.0. The first-order valence-electron chi connectivity index (χ1n) is 5.95. The average Bonchev–Trinajstić information content (AvgIpc) is 2.34. The SMILES string of the molecule is CC(NC(=O)CCC(=O)Cl)c1ccc(C(F)(F)F)cc1F. The Bertz CT molecular complexity index is 545. The van der Waals surface area contributed by atoms with E-state index in [2.05, 4.69) is 5.32 Å². The van der Waals surface area contributed by atoms with Gasteiger partial charge in [0.15, 0.2) is 0 Å². The monoisotopic (exact) mass is 325 g/mol. The minimum absolute atomic E-state index is 0.0754. The van der Waals surface area contributed by atoms with Crippen molar-refractivity contribution in [1.82, 2.24) is 5.32 Å². The molecule has 0 fully saturated rings. The van der Waals surface area contributed by atoms with Crippen molar-refractivity contribution in [2.24, 2.45) is 0 Å². The van der Waals surface area contributed by atoms with Crippen LogP contribution in [0.1, 0.15) is 36.9 Å². The van der Waals surface area contributed by atoms with Crippen LogP contribution in [0.25, 0.3) is 0 Å². The number of carbonyl (C=O) groups excluding carboxylic acids is 2. The zero-order valence-electron chi connectivity index (χ0n) is 10.9. The van der Waals surface area contributed by atoms with E-state index in [0.29, 0.717) is 6.07 Å². The normalized spacial score (nSPS) is 12.9. The maximum Gasteiger partial charge on any atom is 0.416 e. The topological polar surface area (TPSA) is 46.2 Å². The molecule has 1 unspecified atom stereocenters. The van der Waals surface area contributed by atoms with E-state index in [1.807, 2.05) is 0 Å². The zero-order chi connectivity index (χ0) is 16.2. The number of benzene rings is 1. The molecule has 0 aliphatic heterocycles. The largest absolute Gasteiger partial charge is 0.416 e. The summed E-state index contributed by atoms with van der Waals surface area (Å²) in [6, 6.07) is 1.25. The molecule has 0 heterocycles. The fourth-order valence-electron chi connectivity index (χ4n) is 1.66. The molecule has 0 radical (unpaired) electrons. The van der Waals surface area contributed by atoms with Gasteiger partial charge in [0.2, 0.25) is 11.1 Å². The second kappa shape index (κ2) is 6.89. The summed E-state index contributed by atoms with van der Waals surface area (Å²) in [7, 11) is 0. The van der Waals surface area contributed by atoms with Gasteiger partial charge >= 0.3 is 6.18 Å². The molecule has 116 valence electrons. The number of alkyl halides is 3. The van der Waals surface area contributed by atoms with Gasteiger partial charge in [-0.25, -0.2) is 4.39 Å². The highest BCUT2D eigenvalue weighted by molar-refractivity contribution is 6.63. The Balaban J connectivity index is 2.77. The molecule has 0 aliphatic carbocycles. The predicted octanol–water partition coefficient (Wildman–Crippen LogP) is 3.57. The van der Waals surface area contributed by atoms with Crippen molar-refractivity contribution >= 4 is 22.8 Å². The molecule has 1 aromatic carbocycles. The first-order chi connectivity index (χ1) is 9.61. The van der Waals surface area contributed by atoms with Gasteiger partial charge in [0.1, 0.15) is 5.82 Å². The first kappa shape index (κ1) is 17.4. The summed E-state index contributed by atoms with van der Waals surface area (Å²) in [4.78, 5) is 22.0. The minimum atomic E-state index is -4.63. The van der Waals surface area contributed by atoms with Crippen LogP contribution in [-0.4, -0.2) is 11.1 Å². The minimum Gasteiger partial charge on any atom is -0.349 e. The van der Waals surface area contributed by atoms with Crippen molar-refractivity contribution in [3.8, 4) is 0 Å². The van der Waals surface area contributed by atoms with Crippen molar-refractivity contribution in [2.45, 2.75) is 32.0 Å².